The lowest BCUT2D eigenvalue weighted by molar-refractivity contribution is -0.895. The second kappa shape index (κ2) is 8.31. The van der Waals surface area contributed by atoms with Crippen molar-refractivity contribution in [3.8, 4) is 0 Å². The summed E-state index contributed by atoms with van der Waals surface area (Å²) in [5, 5.41) is 3.05. The SMILES string of the molecule is Cc1cccc(C)c1NC(=O)C[NH+]1CCN(C(=O)c2ccc3ncsc3c2)CC1. The molecule has 2 N–H and O–H groups in total. The number of para-hydroxylation sites is 1. The molecule has 0 aliphatic carbocycles. The number of aromatic nitrogens is 1. The number of nitrogens with one attached hydrogen (secondary N) is 2. The summed E-state index contributed by atoms with van der Waals surface area (Å²) in [6.45, 7) is 7.29. The average Bonchev–Trinajstić information content (AvgIpc) is 3.19. The van der Waals surface area contributed by atoms with Gasteiger partial charge >= 0.3 is 0 Å². The monoisotopic (exact) mass is 409 g/mol. The fraction of sp³-hybridized carbons (Fsp3) is 0.318. The first-order valence-electron chi connectivity index (χ1n) is 9.83. The Labute approximate surface area is 174 Å². The number of aryl methyl sites for hydroxylation is 2. The molecule has 2 amide bonds. The van der Waals surface area contributed by atoms with Crippen LogP contribution in [0.1, 0.15) is 21.5 Å². The van der Waals surface area contributed by atoms with Crippen LogP contribution in [0.15, 0.2) is 41.9 Å². The molecule has 150 valence electrons. The first kappa shape index (κ1) is 19.5. The molecular weight excluding hydrogens is 384 g/mol. The van der Waals surface area contributed by atoms with Crippen molar-refractivity contribution in [2.75, 3.05) is 38.0 Å². The third kappa shape index (κ3) is 4.31. The number of quaternary nitrogens is 1. The molecule has 7 heteroatoms. The number of rotatable bonds is 4. The summed E-state index contributed by atoms with van der Waals surface area (Å²) in [5.74, 6) is 0.0761. The van der Waals surface area contributed by atoms with Crippen LogP contribution in [0.25, 0.3) is 10.2 Å². The summed E-state index contributed by atoms with van der Waals surface area (Å²) < 4.78 is 1.03. The Hall–Kier alpha value is -2.77. The van der Waals surface area contributed by atoms with E-state index in [0.717, 1.165) is 40.1 Å². The van der Waals surface area contributed by atoms with Crippen LogP contribution in [0, 0.1) is 13.8 Å². The van der Waals surface area contributed by atoms with Crippen LogP contribution in [0.4, 0.5) is 5.69 Å². The highest BCUT2D eigenvalue weighted by molar-refractivity contribution is 7.16. The van der Waals surface area contributed by atoms with Gasteiger partial charge in [-0.2, -0.15) is 0 Å². The van der Waals surface area contributed by atoms with E-state index in [2.05, 4.69) is 10.3 Å². The van der Waals surface area contributed by atoms with Crippen molar-refractivity contribution in [3.63, 3.8) is 0 Å². The van der Waals surface area contributed by atoms with E-state index in [9.17, 15) is 9.59 Å². The number of carbonyl (C=O) groups is 2. The zero-order chi connectivity index (χ0) is 20.4. The molecule has 0 atom stereocenters. The molecule has 1 fully saturated rings. The Balaban J connectivity index is 1.32. The van der Waals surface area contributed by atoms with Gasteiger partial charge in [0.2, 0.25) is 0 Å². The molecule has 2 heterocycles. The standard InChI is InChI=1S/C22H24N4O2S/c1-15-4-3-5-16(2)21(15)24-20(27)13-25-8-10-26(11-9-25)22(28)17-6-7-18-19(12-17)29-14-23-18/h3-7,12,14H,8-11,13H2,1-2H3,(H,24,27)/p+1. The molecule has 6 nitrogen and oxygen atoms in total. The van der Waals surface area contributed by atoms with E-state index in [-0.39, 0.29) is 11.8 Å². The van der Waals surface area contributed by atoms with Gasteiger partial charge in [-0.1, -0.05) is 18.2 Å². The van der Waals surface area contributed by atoms with Gasteiger partial charge in [0.1, 0.15) is 0 Å². The highest BCUT2D eigenvalue weighted by Crippen LogP contribution is 2.20. The molecule has 3 aromatic rings. The Bertz CT molecular complexity index is 1030. The van der Waals surface area contributed by atoms with Crippen molar-refractivity contribution < 1.29 is 14.5 Å². The normalized spacial score (nSPS) is 14.9. The minimum atomic E-state index is 0.0211. The van der Waals surface area contributed by atoms with Crippen LogP contribution in [-0.4, -0.2) is 54.4 Å². The number of hydrogen-bond acceptors (Lipinski definition) is 4. The quantitative estimate of drug-likeness (QED) is 0.692. The Morgan fingerprint density at radius 2 is 1.86 bits per heavy atom. The van der Waals surface area contributed by atoms with E-state index in [0.29, 0.717) is 25.2 Å². The van der Waals surface area contributed by atoms with Crippen LogP contribution in [0.2, 0.25) is 0 Å². The number of carbonyl (C=O) groups excluding carboxylic acids is 2. The average molecular weight is 410 g/mol. The molecule has 0 spiro atoms. The van der Waals surface area contributed by atoms with Gasteiger partial charge in [-0.25, -0.2) is 4.98 Å². The molecule has 1 aromatic heterocycles. The number of amides is 2. The second-order valence-corrected chi connectivity index (χ2v) is 8.46. The molecule has 1 aliphatic heterocycles. The maximum Gasteiger partial charge on any atom is 0.279 e. The molecule has 2 aromatic carbocycles. The van der Waals surface area contributed by atoms with Crippen molar-refractivity contribution in [2.45, 2.75) is 13.8 Å². The molecule has 29 heavy (non-hydrogen) atoms. The topological polar surface area (TPSA) is 66.7 Å². The number of benzene rings is 2. The molecule has 1 saturated heterocycles. The third-order valence-corrected chi connectivity index (χ3v) is 6.28. The minimum Gasteiger partial charge on any atom is -0.327 e. The third-order valence-electron chi connectivity index (χ3n) is 5.49. The Morgan fingerprint density at radius 3 is 2.59 bits per heavy atom. The number of nitrogens with zero attached hydrogens (tertiary/aromatic N) is 2. The molecule has 0 unspecified atom stereocenters. The highest BCUT2D eigenvalue weighted by Gasteiger charge is 2.26. The van der Waals surface area contributed by atoms with Gasteiger partial charge in [0, 0.05) is 11.3 Å². The number of hydrogen-bond donors (Lipinski definition) is 2. The molecule has 4 rings (SSSR count). The van der Waals surface area contributed by atoms with E-state index >= 15 is 0 Å². The van der Waals surface area contributed by atoms with E-state index in [1.807, 2.05) is 55.1 Å². The van der Waals surface area contributed by atoms with Gasteiger partial charge in [-0.05, 0) is 43.2 Å². The first-order chi connectivity index (χ1) is 14.0. The molecule has 0 radical (unpaired) electrons. The van der Waals surface area contributed by atoms with Gasteiger partial charge in [0.05, 0.1) is 41.9 Å². The maximum absolute atomic E-state index is 12.8. The van der Waals surface area contributed by atoms with Crippen molar-refractivity contribution in [1.82, 2.24) is 9.88 Å². The van der Waals surface area contributed by atoms with E-state index < -0.39 is 0 Å². The summed E-state index contributed by atoms with van der Waals surface area (Å²) in [6, 6.07) is 11.7. The zero-order valence-corrected chi connectivity index (χ0v) is 17.5. The number of fused-ring (bicyclic) bond motifs is 1. The van der Waals surface area contributed by atoms with Gasteiger partial charge < -0.3 is 15.1 Å². The lowest BCUT2D eigenvalue weighted by Crippen LogP contribution is -3.15. The van der Waals surface area contributed by atoms with E-state index in [1.165, 1.54) is 4.90 Å². The van der Waals surface area contributed by atoms with Gasteiger partial charge in [-0.3, -0.25) is 9.59 Å². The van der Waals surface area contributed by atoms with Crippen molar-refractivity contribution in [3.05, 3.63) is 58.6 Å². The van der Waals surface area contributed by atoms with Crippen LogP contribution < -0.4 is 10.2 Å². The Morgan fingerprint density at radius 1 is 1.14 bits per heavy atom. The number of piperazine rings is 1. The lowest BCUT2D eigenvalue weighted by atomic mass is 10.1. The number of anilines is 1. The first-order valence-corrected chi connectivity index (χ1v) is 10.7. The van der Waals surface area contributed by atoms with Gasteiger partial charge in [0.25, 0.3) is 11.8 Å². The summed E-state index contributed by atoms with van der Waals surface area (Å²) in [7, 11) is 0. The molecular formula is C22H25N4O2S+. The summed E-state index contributed by atoms with van der Waals surface area (Å²) in [5.41, 5.74) is 6.48. The minimum absolute atomic E-state index is 0.0211. The van der Waals surface area contributed by atoms with Crippen LogP contribution in [0.5, 0.6) is 0 Å². The van der Waals surface area contributed by atoms with E-state index in [1.54, 1.807) is 16.8 Å². The van der Waals surface area contributed by atoms with Crippen molar-refractivity contribution in [1.29, 1.82) is 0 Å². The summed E-state index contributed by atoms with van der Waals surface area (Å²) in [4.78, 5) is 32.7. The predicted molar refractivity (Wildman–Crippen MR) is 116 cm³/mol. The van der Waals surface area contributed by atoms with Crippen LogP contribution >= 0.6 is 11.3 Å². The smallest absolute Gasteiger partial charge is 0.279 e. The Kier molecular flexibility index (Phi) is 5.60. The largest absolute Gasteiger partial charge is 0.327 e. The predicted octanol–water partition coefficient (Wildman–Crippen LogP) is 1.89. The number of thiazole rings is 1. The molecule has 0 bridgehead atoms. The lowest BCUT2D eigenvalue weighted by Gasteiger charge is -2.32. The van der Waals surface area contributed by atoms with Gasteiger partial charge in [0.15, 0.2) is 6.54 Å². The summed E-state index contributed by atoms with van der Waals surface area (Å²) in [6.07, 6.45) is 0. The fourth-order valence-corrected chi connectivity index (χ4v) is 4.51. The highest BCUT2D eigenvalue weighted by atomic mass is 32.1. The van der Waals surface area contributed by atoms with Crippen molar-refractivity contribution in [2.24, 2.45) is 0 Å². The fourth-order valence-electron chi connectivity index (χ4n) is 3.80. The van der Waals surface area contributed by atoms with Gasteiger partial charge in [-0.15, -0.1) is 11.3 Å². The summed E-state index contributed by atoms with van der Waals surface area (Å²) >= 11 is 1.54. The van der Waals surface area contributed by atoms with Crippen molar-refractivity contribution >= 4 is 39.1 Å². The second-order valence-electron chi connectivity index (χ2n) is 7.57. The maximum atomic E-state index is 12.8. The zero-order valence-electron chi connectivity index (χ0n) is 16.7. The molecule has 1 aliphatic rings. The van der Waals surface area contributed by atoms with Crippen LogP contribution in [0.3, 0.4) is 0 Å². The van der Waals surface area contributed by atoms with E-state index in [4.69, 9.17) is 0 Å². The van der Waals surface area contributed by atoms with Crippen LogP contribution in [-0.2, 0) is 4.79 Å². The molecule has 0 saturated carbocycles.